The van der Waals surface area contributed by atoms with Gasteiger partial charge in [-0.1, -0.05) is 0 Å². The molecule has 0 radical (unpaired) electrons. The second-order valence-electron chi connectivity index (χ2n) is 1.30. The zero-order valence-electron chi connectivity index (χ0n) is 4.20. The van der Waals surface area contributed by atoms with E-state index in [1.165, 1.54) is 6.42 Å². The summed E-state index contributed by atoms with van der Waals surface area (Å²) in [5, 5.41) is 2.99. The van der Waals surface area contributed by atoms with Gasteiger partial charge in [-0.25, -0.2) is 0 Å². The van der Waals surface area contributed by atoms with Crippen molar-refractivity contribution >= 4 is 0 Å². The molecule has 1 aliphatic heterocycles. The van der Waals surface area contributed by atoms with Gasteiger partial charge in [0.25, 0.3) is 0 Å². The van der Waals surface area contributed by atoms with E-state index in [2.05, 4.69) is 5.32 Å². The zero-order valence-corrected chi connectivity index (χ0v) is 3.20. The molecule has 1 fully saturated rings. The quantitative estimate of drug-likeness (QED) is 0.436. The minimum Gasteiger partial charge on any atom is -0.317 e. The maximum absolute atomic E-state index is 7.02. The topological polar surface area (TPSA) is 12.0 Å². The maximum atomic E-state index is 7.02. The van der Waals surface area contributed by atoms with Gasteiger partial charge in [0.2, 0.25) is 0 Å². The summed E-state index contributed by atoms with van der Waals surface area (Å²) < 4.78 is 7.02. The number of rotatable bonds is 0. The van der Waals surface area contributed by atoms with Crippen molar-refractivity contribution in [2.24, 2.45) is 0 Å². The lowest BCUT2D eigenvalue weighted by Gasteiger charge is -1.76. The van der Waals surface area contributed by atoms with Gasteiger partial charge in [0.05, 0.1) is 0 Å². The fourth-order valence-corrected chi connectivity index (χ4v) is 0.510. The average molecular weight is 72.1 g/mol. The Morgan fingerprint density at radius 3 is 2.80 bits per heavy atom. The van der Waals surface area contributed by atoms with Crippen LogP contribution in [0.1, 0.15) is 14.2 Å². The summed E-state index contributed by atoms with van der Waals surface area (Å²) in [6.45, 7) is 1.10. The van der Waals surface area contributed by atoms with Crippen LogP contribution in [-0.2, 0) is 0 Å². The van der Waals surface area contributed by atoms with E-state index in [1.807, 2.05) is 0 Å². The third kappa shape index (κ3) is 0.618. The summed E-state index contributed by atoms with van der Waals surface area (Å²) in [4.78, 5) is 0. The number of nitrogens with one attached hydrogen (secondary N) is 1. The van der Waals surface area contributed by atoms with Crippen LogP contribution in [0.15, 0.2) is 0 Å². The van der Waals surface area contributed by atoms with Crippen molar-refractivity contribution < 1.29 is 1.37 Å². The van der Waals surface area contributed by atoms with E-state index in [0.717, 1.165) is 13.0 Å². The minimum absolute atomic E-state index is 0.0463. The van der Waals surface area contributed by atoms with E-state index < -0.39 is 0 Å². The third-order valence-corrected chi connectivity index (χ3v) is 0.814. The summed E-state index contributed by atoms with van der Waals surface area (Å²) in [5.41, 5.74) is 0. The Labute approximate surface area is 33.8 Å². The van der Waals surface area contributed by atoms with E-state index in [-0.39, 0.29) is 6.52 Å². The molecular formula is C4H9N. The Morgan fingerprint density at radius 1 is 1.60 bits per heavy atom. The highest BCUT2D eigenvalue weighted by Gasteiger charge is 1.93. The highest BCUT2D eigenvalue weighted by atomic mass is 14.9. The predicted octanol–water partition coefficient (Wildman–Crippen LogP) is 0.370. The first-order chi connectivity index (χ1) is 2.89. The van der Waals surface area contributed by atoms with Crippen LogP contribution in [0.2, 0.25) is 0 Å². The van der Waals surface area contributed by atoms with Gasteiger partial charge in [0, 0.05) is 1.37 Å². The summed E-state index contributed by atoms with van der Waals surface area (Å²) >= 11 is 0. The maximum Gasteiger partial charge on any atom is 0.0428 e. The smallest absolute Gasteiger partial charge is 0.0428 e. The van der Waals surface area contributed by atoms with E-state index in [1.54, 1.807) is 0 Å². The Morgan fingerprint density at radius 2 is 2.60 bits per heavy atom. The molecule has 1 rings (SSSR count). The van der Waals surface area contributed by atoms with Crippen LogP contribution in [0, 0.1) is 0 Å². The average Bonchev–Trinajstić information content (AvgIpc) is 1.86. The number of hydrogen-bond donors (Lipinski definition) is 1. The molecule has 1 unspecified atom stereocenters. The normalized spacial score (nSPS) is 41.6. The van der Waals surface area contributed by atoms with Crippen molar-refractivity contribution in [3.8, 4) is 0 Å². The summed E-state index contributed by atoms with van der Waals surface area (Å²) in [7, 11) is 0. The van der Waals surface area contributed by atoms with Gasteiger partial charge in [-0.05, 0) is 25.9 Å². The van der Waals surface area contributed by atoms with Crippen LogP contribution in [0.25, 0.3) is 0 Å². The molecule has 0 spiro atoms. The lowest BCUT2D eigenvalue weighted by molar-refractivity contribution is 0.857. The van der Waals surface area contributed by atoms with Crippen LogP contribution < -0.4 is 5.32 Å². The van der Waals surface area contributed by atoms with E-state index in [4.69, 9.17) is 1.37 Å². The van der Waals surface area contributed by atoms with Gasteiger partial charge in [-0.3, -0.25) is 0 Å². The van der Waals surface area contributed by atoms with Crippen molar-refractivity contribution in [2.45, 2.75) is 12.8 Å². The highest BCUT2D eigenvalue weighted by Crippen LogP contribution is 1.90. The molecule has 0 aromatic carbocycles. The van der Waals surface area contributed by atoms with Crippen molar-refractivity contribution in [1.29, 1.82) is 0 Å². The molecule has 1 nitrogen and oxygen atoms in total. The first-order valence-corrected chi connectivity index (χ1v) is 2.05. The van der Waals surface area contributed by atoms with Crippen molar-refractivity contribution in [1.82, 2.24) is 5.32 Å². The first-order valence-electron chi connectivity index (χ1n) is 2.63. The lowest BCUT2D eigenvalue weighted by atomic mass is 10.4. The predicted molar refractivity (Wildman–Crippen MR) is 22.1 cm³/mol. The second-order valence-corrected chi connectivity index (χ2v) is 1.30. The molecular weight excluding hydrogens is 62.1 g/mol. The van der Waals surface area contributed by atoms with Crippen LogP contribution in [0.3, 0.4) is 0 Å². The molecule has 1 heteroatoms. The monoisotopic (exact) mass is 72.1 g/mol. The summed E-state index contributed by atoms with van der Waals surface area (Å²) in [6, 6.07) is 0. The third-order valence-electron chi connectivity index (χ3n) is 0.814. The van der Waals surface area contributed by atoms with Gasteiger partial charge in [-0.15, -0.1) is 0 Å². The molecule has 30 valence electrons. The fourth-order valence-electron chi connectivity index (χ4n) is 0.510. The highest BCUT2D eigenvalue weighted by molar-refractivity contribution is 4.55. The Kier molecular flexibility index (Phi) is 0.618. The van der Waals surface area contributed by atoms with E-state index >= 15 is 0 Å². The Balaban J connectivity index is 2.18. The lowest BCUT2D eigenvalue weighted by Crippen LogP contribution is -2.03. The molecule has 1 heterocycles. The Hall–Kier alpha value is -0.0400. The Bertz CT molecular complexity index is 40.8. The van der Waals surface area contributed by atoms with Crippen LogP contribution in [0.5, 0.6) is 0 Å². The molecule has 0 bridgehead atoms. The van der Waals surface area contributed by atoms with Crippen molar-refractivity contribution in [3.63, 3.8) is 0 Å². The largest absolute Gasteiger partial charge is 0.317 e. The zero-order chi connectivity index (χ0) is 4.41. The van der Waals surface area contributed by atoms with Gasteiger partial charge in [0.1, 0.15) is 0 Å². The molecule has 5 heavy (non-hydrogen) atoms. The molecule has 0 aliphatic carbocycles. The second kappa shape index (κ2) is 1.41. The van der Waals surface area contributed by atoms with E-state index in [9.17, 15) is 0 Å². The van der Waals surface area contributed by atoms with Gasteiger partial charge >= 0.3 is 0 Å². The minimum atomic E-state index is 0.0463. The van der Waals surface area contributed by atoms with Crippen molar-refractivity contribution in [2.75, 3.05) is 13.1 Å². The van der Waals surface area contributed by atoms with Gasteiger partial charge in [-0.2, -0.15) is 0 Å². The van der Waals surface area contributed by atoms with Gasteiger partial charge < -0.3 is 5.32 Å². The molecule has 0 aromatic rings. The molecule has 1 N–H and O–H groups in total. The molecule has 1 saturated heterocycles. The van der Waals surface area contributed by atoms with E-state index in [0.29, 0.717) is 0 Å². The molecule has 0 aromatic heterocycles. The fraction of sp³-hybridized carbons (Fsp3) is 1.00. The van der Waals surface area contributed by atoms with Crippen molar-refractivity contribution in [3.05, 3.63) is 0 Å². The van der Waals surface area contributed by atoms with Crippen LogP contribution >= 0.6 is 0 Å². The molecule has 0 amide bonds. The first kappa shape index (κ1) is 2.19. The van der Waals surface area contributed by atoms with Gasteiger partial charge in [0.15, 0.2) is 0 Å². The summed E-state index contributed by atoms with van der Waals surface area (Å²) in [5.74, 6) is 0. The molecule has 0 saturated carbocycles. The molecule has 1 aliphatic rings. The van der Waals surface area contributed by atoms with Crippen LogP contribution in [-0.4, -0.2) is 13.1 Å². The summed E-state index contributed by atoms with van der Waals surface area (Å²) in [6.07, 6.45) is 2.23. The molecule has 1 atom stereocenters. The van der Waals surface area contributed by atoms with Crippen LogP contribution in [0.4, 0.5) is 0 Å². The standard InChI is InChI=1S/C4H9N/c1-2-4-5-3-1/h5H,1-4H2/i3D. The SMILES string of the molecule is [2H]C1CCCN1. The number of hydrogen-bond acceptors (Lipinski definition) is 1.